The Balaban J connectivity index is 1.46. The van der Waals surface area contributed by atoms with Crippen LogP contribution >= 0.6 is 15.9 Å². The van der Waals surface area contributed by atoms with E-state index in [-0.39, 0.29) is 5.76 Å². The second-order valence-corrected chi connectivity index (χ2v) is 7.99. The van der Waals surface area contributed by atoms with Crippen molar-refractivity contribution in [2.75, 3.05) is 25.1 Å². The van der Waals surface area contributed by atoms with E-state index in [1.165, 1.54) is 18.5 Å². The molecule has 0 atom stereocenters. The number of aryl methyl sites for hydroxylation is 1. The molecule has 1 saturated heterocycles. The van der Waals surface area contributed by atoms with Crippen LogP contribution in [0, 0.1) is 6.92 Å². The molecule has 0 saturated carbocycles. The van der Waals surface area contributed by atoms with E-state index in [0.29, 0.717) is 11.3 Å². The van der Waals surface area contributed by atoms with Crippen LogP contribution in [-0.4, -0.2) is 32.3 Å². The highest BCUT2D eigenvalue weighted by Gasteiger charge is 2.16. The van der Waals surface area contributed by atoms with Gasteiger partial charge in [0.2, 0.25) is 0 Å². The minimum atomic E-state index is -0.415. The molecule has 0 unspecified atom stereocenters. The van der Waals surface area contributed by atoms with Gasteiger partial charge in [-0.05, 0) is 61.2 Å². The number of hydrazone groups is 1. The van der Waals surface area contributed by atoms with E-state index < -0.39 is 5.91 Å². The summed E-state index contributed by atoms with van der Waals surface area (Å²) >= 11 is 3.42. The lowest BCUT2D eigenvalue weighted by atomic mass is 10.1. The lowest BCUT2D eigenvalue weighted by Gasteiger charge is -2.18. The summed E-state index contributed by atoms with van der Waals surface area (Å²) in [6, 6.07) is 11.6. The van der Waals surface area contributed by atoms with Crippen LogP contribution in [0.5, 0.6) is 5.75 Å². The van der Waals surface area contributed by atoms with Gasteiger partial charge >= 0.3 is 5.91 Å². The number of furan rings is 1. The fourth-order valence-corrected chi connectivity index (χ4v) is 4.00. The quantitative estimate of drug-likeness (QED) is 0.439. The van der Waals surface area contributed by atoms with Crippen LogP contribution in [0.3, 0.4) is 0 Å². The molecular weight excluding hydrogens is 434 g/mol. The third-order valence-corrected chi connectivity index (χ3v) is 5.54. The molecule has 1 aliphatic rings. The number of hydrogen-bond acceptors (Lipinski definition) is 5. The molecule has 2 heterocycles. The molecule has 0 bridgehead atoms. The summed E-state index contributed by atoms with van der Waals surface area (Å²) in [6.07, 6.45) is 4.15. The molecule has 1 N–H and O–H groups in total. The highest BCUT2D eigenvalue weighted by molar-refractivity contribution is 9.10. The molecule has 1 aliphatic heterocycles. The van der Waals surface area contributed by atoms with Crippen molar-refractivity contribution >= 4 is 44.7 Å². The number of anilines is 1. The van der Waals surface area contributed by atoms with Crippen molar-refractivity contribution in [2.45, 2.75) is 19.8 Å². The lowest BCUT2D eigenvalue weighted by Crippen LogP contribution is -2.18. The Morgan fingerprint density at radius 3 is 2.76 bits per heavy atom. The fourth-order valence-electron chi connectivity index (χ4n) is 3.54. The molecule has 6 nitrogen and oxygen atoms in total. The van der Waals surface area contributed by atoms with Crippen molar-refractivity contribution < 1.29 is 13.9 Å². The second-order valence-electron chi connectivity index (χ2n) is 7.07. The molecule has 1 fully saturated rings. The van der Waals surface area contributed by atoms with Gasteiger partial charge in [-0.2, -0.15) is 5.10 Å². The van der Waals surface area contributed by atoms with Crippen LogP contribution in [0.2, 0.25) is 0 Å². The molecule has 7 heteroatoms. The maximum Gasteiger partial charge on any atom is 0.307 e. The highest BCUT2D eigenvalue weighted by Crippen LogP contribution is 2.32. The summed E-state index contributed by atoms with van der Waals surface area (Å²) in [6.45, 7) is 4.27. The van der Waals surface area contributed by atoms with Crippen molar-refractivity contribution in [2.24, 2.45) is 5.10 Å². The Labute approximate surface area is 177 Å². The molecule has 0 radical (unpaired) electrons. The predicted molar refractivity (Wildman–Crippen MR) is 118 cm³/mol. The number of amides is 1. The first kappa shape index (κ1) is 19.5. The Morgan fingerprint density at radius 1 is 1.24 bits per heavy atom. The summed E-state index contributed by atoms with van der Waals surface area (Å²) in [7, 11) is 1.56. The zero-order valence-electron chi connectivity index (χ0n) is 16.4. The van der Waals surface area contributed by atoms with E-state index in [1.807, 2.05) is 19.1 Å². The van der Waals surface area contributed by atoms with E-state index in [0.717, 1.165) is 34.1 Å². The zero-order chi connectivity index (χ0) is 20.4. The van der Waals surface area contributed by atoms with Crippen molar-refractivity contribution in [3.63, 3.8) is 0 Å². The first-order chi connectivity index (χ1) is 14.0. The minimum Gasteiger partial charge on any atom is -0.493 e. The topological polar surface area (TPSA) is 67.1 Å². The normalized spacial score (nSPS) is 14.1. The zero-order valence-corrected chi connectivity index (χ0v) is 18.0. The van der Waals surface area contributed by atoms with Crippen LogP contribution in [0.4, 0.5) is 5.69 Å². The van der Waals surface area contributed by atoms with E-state index in [2.05, 4.69) is 43.5 Å². The number of ether oxygens (including phenoxy) is 1. The first-order valence-corrected chi connectivity index (χ1v) is 10.3. The van der Waals surface area contributed by atoms with Crippen molar-refractivity contribution in [1.29, 1.82) is 0 Å². The van der Waals surface area contributed by atoms with Crippen LogP contribution in [0.15, 0.2) is 50.4 Å². The van der Waals surface area contributed by atoms with Gasteiger partial charge in [-0.25, -0.2) is 5.43 Å². The molecular formula is C22H22BrN3O3. The molecule has 4 rings (SSSR count). The molecule has 1 amide bonds. The number of methoxy groups -OCH3 is 1. The summed E-state index contributed by atoms with van der Waals surface area (Å²) in [5.41, 5.74) is 6.37. The third-order valence-electron chi connectivity index (χ3n) is 5.08. The van der Waals surface area contributed by atoms with Gasteiger partial charge in [0.1, 0.15) is 0 Å². The Hall–Kier alpha value is -2.80. The van der Waals surface area contributed by atoms with Crippen molar-refractivity contribution in [1.82, 2.24) is 5.43 Å². The van der Waals surface area contributed by atoms with Gasteiger partial charge in [-0.1, -0.05) is 22.0 Å². The van der Waals surface area contributed by atoms with E-state index in [4.69, 9.17) is 9.15 Å². The highest BCUT2D eigenvalue weighted by atomic mass is 79.9. The molecule has 1 aromatic heterocycles. The number of hydrogen-bond donors (Lipinski definition) is 1. The number of nitrogens with zero attached hydrogens (tertiary/aromatic N) is 2. The van der Waals surface area contributed by atoms with Crippen LogP contribution in [0.25, 0.3) is 11.0 Å². The van der Waals surface area contributed by atoms with Crippen LogP contribution < -0.4 is 15.1 Å². The van der Waals surface area contributed by atoms with E-state index >= 15 is 0 Å². The Morgan fingerprint density at radius 2 is 2.03 bits per heavy atom. The van der Waals surface area contributed by atoms with E-state index in [1.54, 1.807) is 25.5 Å². The average molecular weight is 456 g/mol. The fraction of sp³-hybridized carbons (Fsp3) is 0.273. The second kappa shape index (κ2) is 8.29. The minimum absolute atomic E-state index is 0.176. The van der Waals surface area contributed by atoms with E-state index in [9.17, 15) is 4.79 Å². The SMILES string of the molecule is COc1cc(Br)cc2cc(C(=O)N/N=C/c3ccc(N4CCCC4)cc3C)oc12. The monoisotopic (exact) mass is 455 g/mol. The third kappa shape index (κ3) is 4.15. The maximum atomic E-state index is 12.4. The maximum absolute atomic E-state index is 12.4. The number of fused-ring (bicyclic) bond motifs is 1. The summed E-state index contributed by atoms with van der Waals surface area (Å²) < 4.78 is 11.8. The van der Waals surface area contributed by atoms with Gasteiger partial charge in [0.25, 0.3) is 0 Å². The van der Waals surface area contributed by atoms with Gasteiger partial charge in [0.05, 0.1) is 13.3 Å². The molecule has 3 aromatic rings. The number of carbonyl (C=O) groups excluding carboxylic acids is 1. The Kier molecular flexibility index (Phi) is 5.58. The molecule has 29 heavy (non-hydrogen) atoms. The van der Waals surface area contributed by atoms with Crippen LogP contribution in [0.1, 0.15) is 34.5 Å². The van der Waals surface area contributed by atoms with Gasteiger partial charge in [0, 0.05) is 28.6 Å². The Bertz CT molecular complexity index is 1080. The number of carbonyl (C=O) groups is 1. The number of rotatable bonds is 5. The number of nitrogens with one attached hydrogen (secondary N) is 1. The summed E-state index contributed by atoms with van der Waals surface area (Å²) in [5.74, 6) is 0.322. The number of benzene rings is 2. The summed E-state index contributed by atoms with van der Waals surface area (Å²) in [5, 5.41) is 4.87. The predicted octanol–water partition coefficient (Wildman–Crippen LogP) is 4.88. The molecule has 0 aliphatic carbocycles. The van der Waals surface area contributed by atoms with Gasteiger partial charge in [0.15, 0.2) is 17.1 Å². The average Bonchev–Trinajstić information content (AvgIpc) is 3.38. The molecule has 0 spiro atoms. The van der Waals surface area contributed by atoms with Gasteiger partial charge < -0.3 is 14.1 Å². The molecule has 2 aromatic carbocycles. The molecule has 150 valence electrons. The van der Waals surface area contributed by atoms with Gasteiger partial charge in [-0.3, -0.25) is 4.79 Å². The van der Waals surface area contributed by atoms with Crippen molar-refractivity contribution in [3.05, 3.63) is 57.8 Å². The van der Waals surface area contributed by atoms with Gasteiger partial charge in [-0.15, -0.1) is 0 Å². The summed E-state index contributed by atoms with van der Waals surface area (Å²) in [4.78, 5) is 14.8. The smallest absolute Gasteiger partial charge is 0.307 e. The standard InChI is InChI=1S/C22H22BrN3O3/c1-14-9-18(26-7-3-4-8-26)6-5-15(14)13-24-25-22(27)20-11-16-10-17(23)12-19(28-2)21(16)29-20/h5-6,9-13H,3-4,7-8H2,1-2H3,(H,25,27)/b24-13+. The van der Waals surface area contributed by atoms with Crippen LogP contribution in [-0.2, 0) is 0 Å². The number of halogens is 1. The van der Waals surface area contributed by atoms with Crippen molar-refractivity contribution in [3.8, 4) is 5.75 Å². The lowest BCUT2D eigenvalue weighted by molar-refractivity contribution is 0.0929. The first-order valence-electron chi connectivity index (χ1n) is 9.51. The largest absolute Gasteiger partial charge is 0.493 e.